The van der Waals surface area contributed by atoms with Gasteiger partial charge >= 0.3 is 0 Å². The first-order chi connectivity index (χ1) is 13.3. The SMILES string of the molecule is NCCCCNc1nc(/C=C/c2ccc3c(c2)OCO3)nc2ccccc12. The summed E-state index contributed by atoms with van der Waals surface area (Å²) in [7, 11) is 0. The number of nitrogens with zero attached hydrogens (tertiary/aromatic N) is 2. The highest BCUT2D eigenvalue weighted by molar-refractivity contribution is 5.90. The zero-order valence-corrected chi connectivity index (χ0v) is 15.0. The predicted molar refractivity (Wildman–Crippen MR) is 108 cm³/mol. The van der Waals surface area contributed by atoms with E-state index in [0.29, 0.717) is 12.4 Å². The number of rotatable bonds is 7. The number of nitrogens with two attached hydrogens (primary N) is 1. The van der Waals surface area contributed by atoms with E-state index in [2.05, 4.69) is 15.3 Å². The van der Waals surface area contributed by atoms with Crippen molar-refractivity contribution in [1.82, 2.24) is 9.97 Å². The number of para-hydroxylation sites is 1. The van der Waals surface area contributed by atoms with Gasteiger partial charge in [-0.15, -0.1) is 0 Å². The average molecular weight is 362 g/mol. The Bertz CT molecular complexity index is 972. The van der Waals surface area contributed by atoms with E-state index in [1.807, 2.05) is 54.6 Å². The number of hydrogen-bond acceptors (Lipinski definition) is 6. The van der Waals surface area contributed by atoms with Crippen molar-refractivity contribution in [3.63, 3.8) is 0 Å². The van der Waals surface area contributed by atoms with Crippen LogP contribution >= 0.6 is 0 Å². The summed E-state index contributed by atoms with van der Waals surface area (Å²) in [6, 6.07) is 13.9. The van der Waals surface area contributed by atoms with E-state index >= 15 is 0 Å². The molecule has 0 unspecified atom stereocenters. The summed E-state index contributed by atoms with van der Waals surface area (Å²) in [6.07, 6.45) is 5.89. The van der Waals surface area contributed by atoms with E-state index in [1.54, 1.807) is 0 Å². The monoisotopic (exact) mass is 362 g/mol. The number of unbranched alkanes of at least 4 members (excludes halogenated alkanes) is 1. The molecule has 138 valence electrons. The highest BCUT2D eigenvalue weighted by Crippen LogP contribution is 2.33. The fourth-order valence-electron chi connectivity index (χ4n) is 2.97. The summed E-state index contributed by atoms with van der Waals surface area (Å²) < 4.78 is 10.8. The summed E-state index contributed by atoms with van der Waals surface area (Å²) in [4.78, 5) is 9.34. The molecule has 6 heteroatoms. The third kappa shape index (κ3) is 4.01. The number of benzene rings is 2. The van der Waals surface area contributed by atoms with Gasteiger partial charge in [0.05, 0.1) is 5.52 Å². The van der Waals surface area contributed by atoms with Gasteiger partial charge in [0.2, 0.25) is 6.79 Å². The minimum Gasteiger partial charge on any atom is -0.454 e. The number of aromatic nitrogens is 2. The van der Waals surface area contributed by atoms with Crippen LogP contribution in [0.3, 0.4) is 0 Å². The van der Waals surface area contributed by atoms with Crippen molar-refractivity contribution in [3.8, 4) is 11.5 Å². The lowest BCUT2D eigenvalue weighted by molar-refractivity contribution is 0.174. The summed E-state index contributed by atoms with van der Waals surface area (Å²) in [6.45, 7) is 1.81. The lowest BCUT2D eigenvalue weighted by atomic mass is 10.2. The zero-order chi connectivity index (χ0) is 18.5. The Morgan fingerprint density at radius 1 is 1.00 bits per heavy atom. The first kappa shape index (κ1) is 17.3. The van der Waals surface area contributed by atoms with Crippen LogP contribution in [0.1, 0.15) is 24.2 Å². The molecule has 0 atom stereocenters. The van der Waals surface area contributed by atoms with Crippen molar-refractivity contribution in [2.24, 2.45) is 5.73 Å². The van der Waals surface area contributed by atoms with Gasteiger partial charge in [-0.05, 0) is 55.3 Å². The third-order valence-corrected chi connectivity index (χ3v) is 4.37. The molecule has 0 amide bonds. The van der Waals surface area contributed by atoms with Gasteiger partial charge in [-0.2, -0.15) is 0 Å². The van der Waals surface area contributed by atoms with Gasteiger partial charge < -0.3 is 20.5 Å². The molecule has 0 aliphatic carbocycles. The van der Waals surface area contributed by atoms with E-state index in [9.17, 15) is 0 Å². The van der Waals surface area contributed by atoms with Crippen LogP contribution in [0, 0.1) is 0 Å². The van der Waals surface area contributed by atoms with Crippen LogP contribution in [0.4, 0.5) is 5.82 Å². The molecule has 0 spiro atoms. The molecule has 6 nitrogen and oxygen atoms in total. The highest BCUT2D eigenvalue weighted by atomic mass is 16.7. The Kier molecular flexibility index (Phi) is 5.16. The Morgan fingerprint density at radius 3 is 2.81 bits per heavy atom. The molecule has 2 heterocycles. The Labute approximate surface area is 158 Å². The van der Waals surface area contributed by atoms with E-state index in [0.717, 1.165) is 53.2 Å². The van der Waals surface area contributed by atoms with E-state index in [1.165, 1.54) is 0 Å². The maximum atomic E-state index is 5.57. The molecule has 0 saturated carbocycles. The zero-order valence-electron chi connectivity index (χ0n) is 15.0. The molecule has 3 N–H and O–H groups in total. The lowest BCUT2D eigenvalue weighted by Gasteiger charge is -2.09. The molecule has 4 rings (SSSR count). The predicted octanol–water partition coefficient (Wildman–Crippen LogP) is 3.68. The number of anilines is 1. The van der Waals surface area contributed by atoms with Crippen LogP contribution in [-0.4, -0.2) is 29.9 Å². The van der Waals surface area contributed by atoms with Gasteiger partial charge in [0.25, 0.3) is 0 Å². The quantitative estimate of drug-likeness (QED) is 0.624. The molecule has 0 bridgehead atoms. The van der Waals surface area contributed by atoms with Crippen molar-refractivity contribution in [1.29, 1.82) is 0 Å². The average Bonchev–Trinajstić information content (AvgIpc) is 3.17. The van der Waals surface area contributed by atoms with E-state index < -0.39 is 0 Å². The summed E-state index contributed by atoms with van der Waals surface area (Å²) in [5, 5.41) is 4.44. The lowest BCUT2D eigenvalue weighted by Crippen LogP contribution is -2.08. The number of hydrogen-bond donors (Lipinski definition) is 2. The summed E-state index contributed by atoms with van der Waals surface area (Å²) in [5.74, 6) is 3.05. The second-order valence-corrected chi connectivity index (χ2v) is 6.32. The molecule has 3 aromatic rings. The Morgan fingerprint density at radius 2 is 1.89 bits per heavy atom. The Hall–Kier alpha value is -3.12. The molecular weight excluding hydrogens is 340 g/mol. The van der Waals surface area contributed by atoms with Gasteiger partial charge in [-0.25, -0.2) is 9.97 Å². The van der Waals surface area contributed by atoms with Gasteiger partial charge in [0.15, 0.2) is 17.3 Å². The van der Waals surface area contributed by atoms with Crippen LogP contribution in [0.25, 0.3) is 23.1 Å². The smallest absolute Gasteiger partial charge is 0.231 e. The summed E-state index contributed by atoms with van der Waals surface area (Å²) in [5.41, 5.74) is 7.50. The summed E-state index contributed by atoms with van der Waals surface area (Å²) >= 11 is 0. The van der Waals surface area contributed by atoms with Crippen LogP contribution in [0.2, 0.25) is 0 Å². The van der Waals surface area contributed by atoms with Crippen molar-refractivity contribution < 1.29 is 9.47 Å². The number of fused-ring (bicyclic) bond motifs is 2. The highest BCUT2D eigenvalue weighted by Gasteiger charge is 2.12. The molecule has 1 aliphatic rings. The first-order valence-electron chi connectivity index (χ1n) is 9.12. The van der Waals surface area contributed by atoms with Crippen LogP contribution in [0.15, 0.2) is 42.5 Å². The normalized spacial score (nSPS) is 12.8. The Balaban J connectivity index is 1.59. The van der Waals surface area contributed by atoms with Crippen LogP contribution in [-0.2, 0) is 0 Å². The van der Waals surface area contributed by atoms with Crippen LogP contribution < -0.4 is 20.5 Å². The first-order valence-corrected chi connectivity index (χ1v) is 9.12. The topological polar surface area (TPSA) is 82.3 Å². The molecule has 0 fully saturated rings. The third-order valence-electron chi connectivity index (χ3n) is 4.37. The second kappa shape index (κ2) is 8.05. The molecule has 27 heavy (non-hydrogen) atoms. The van der Waals surface area contributed by atoms with Crippen LogP contribution in [0.5, 0.6) is 11.5 Å². The maximum absolute atomic E-state index is 5.57. The molecule has 0 radical (unpaired) electrons. The largest absolute Gasteiger partial charge is 0.454 e. The molecule has 1 aromatic heterocycles. The minimum absolute atomic E-state index is 0.273. The fraction of sp³-hybridized carbons (Fsp3) is 0.238. The van der Waals surface area contributed by atoms with E-state index in [4.69, 9.17) is 15.2 Å². The van der Waals surface area contributed by atoms with Gasteiger partial charge in [-0.3, -0.25) is 0 Å². The molecular formula is C21H22N4O2. The molecule has 0 saturated heterocycles. The van der Waals surface area contributed by atoms with Gasteiger partial charge in [0, 0.05) is 11.9 Å². The van der Waals surface area contributed by atoms with Crippen molar-refractivity contribution >= 4 is 28.9 Å². The van der Waals surface area contributed by atoms with Crippen molar-refractivity contribution in [2.75, 3.05) is 25.2 Å². The maximum Gasteiger partial charge on any atom is 0.231 e. The van der Waals surface area contributed by atoms with Crippen molar-refractivity contribution in [2.45, 2.75) is 12.8 Å². The second-order valence-electron chi connectivity index (χ2n) is 6.32. The van der Waals surface area contributed by atoms with Crippen molar-refractivity contribution in [3.05, 3.63) is 53.9 Å². The van der Waals surface area contributed by atoms with Gasteiger partial charge in [0.1, 0.15) is 5.82 Å². The van der Waals surface area contributed by atoms with Gasteiger partial charge in [-0.1, -0.05) is 24.3 Å². The van der Waals surface area contributed by atoms with E-state index in [-0.39, 0.29) is 6.79 Å². The number of ether oxygens (including phenoxy) is 2. The molecule has 1 aliphatic heterocycles. The standard InChI is InChI=1S/C21H22N4O2/c22-11-3-4-12-23-21-16-5-1-2-6-17(16)24-20(25-21)10-8-15-7-9-18-19(13-15)27-14-26-18/h1-2,5-10,13H,3-4,11-12,14,22H2,(H,23,24,25)/b10-8+. The fourth-order valence-corrected chi connectivity index (χ4v) is 2.97. The minimum atomic E-state index is 0.273. The number of nitrogens with one attached hydrogen (secondary N) is 1. The molecule has 2 aromatic carbocycles.